The molecule has 1 N–H and O–H groups in total. The zero-order valence-electron chi connectivity index (χ0n) is 18.0. The molecule has 1 aromatic carbocycles. The number of hydrogen-bond acceptors (Lipinski definition) is 4. The van der Waals surface area contributed by atoms with Crippen LogP contribution >= 0.6 is 0 Å². The van der Waals surface area contributed by atoms with Gasteiger partial charge in [-0.3, -0.25) is 14.6 Å². The van der Waals surface area contributed by atoms with Crippen LogP contribution in [0.1, 0.15) is 25.3 Å². The topological polar surface area (TPSA) is 75.2 Å². The van der Waals surface area contributed by atoms with Crippen molar-refractivity contribution in [2.45, 2.75) is 19.8 Å². The summed E-state index contributed by atoms with van der Waals surface area (Å²) in [6.45, 7) is 1.97. The van der Waals surface area contributed by atoms with Gasteiger partial charge in [-0.2, -0.15) is 4.39 Å². The molecule has 2 aromatic heterocycles. The van der Waals surface area contributed by atoms with E-state index < -0.39 is 17.7 Å². The zero-order chi connectivity index (χ0) is 23.4. The lowest BCUT2D eigenvalue weighted by Gasteiger charge is -2.22. The Morgan fingerprint density at radius 2 is 1.97 bits per heavy atom. The number of halogens is 2. The number of benzene rings is 1. The van der Waals surface area contributed by atoms with Crippen LogP contribution in [0.4, 0.5) is 20.2 Å². The van der Waals surface area contributed by atoms with Crippen LogP contribution in [0, 0.1) is 17.7 Å². The Kier molecular flexibility index (Phi) is 6.53. The third kappa shape index (κ3) is 5.65. The second-order valence-electron chi connectivity index (χ2n) is 7.88. The van der Waals surface area contributed by atoms with Crippen molar-refractivity contribution in [1.82, 2.24) is 9.97 Å². The fourth-order valence-electron chi connectivity index (χ4n) is 3.35. The van der Waals surface area contributed by atoms with E-state index in [9.17, 15) is 18.4 Å². The Balaban J connectivity index is 1.43. The lowest BCUT2D eigenvalue weighted by Crippen LogP contribution is -2.31. The van der Waals surface area contributed by atoms with E-state index in [2.05, 4.69) is 15.3 Å². The highest BCUT2D eigenvalue weighted by Gasteiger charge is 2.27. The average molecular weight is 448 g/mol. The number of pyridine rings is 2. The Labute approximate surface area is 190 Å². The van der Waals surface area contributed by atoms with Crippen molar-refractivity contribution in [2.24, 2.45) is 5.92 Å². The minimum Gasteiger partial charge on any atom is -0.321 e. The predicted octanol–water partition coefficient (Wildman–Crippen LogP) is 4.84. The molecule has 8 heteroatoms. The summed E-state index contributed by atoms with van der Waals surface area (Å²) in [5.74, 6) is -1.36. The normalized spacial score (nSPS) is 13.2. The van der Waals surface area contributed by atoms with Crippen LogP contribution in [0.2, 0.25) is 0 Å². The van der Waals surface area contributed by atoms with Gasteiger partial charge in [-0.1, -0.05) is 6.07 Å². The highest BCUT2D eigenvalue weighted by Crippen LogP contribution is 2.33. The maximum atomic E-state index is 14.8. The predicted molar refractivity (Wildman–Crippen MR) is 122 cm³/mol. The molecule has 0 aliphatic heterocycles. The molecular weight excluding hydrogens is 426 g/mol. The monoisotopic (exact) mass is 448 g/mol. The summed E-state index contributed by atoms with van der Waals surface area (Å²) in [5, 5.41) is 2.63. The lowest BCUT2D eigenvalue weighted by molar-refractivity contribution is -0.116. The summed E-state index contributed by atoms with van der Waals surface area (Å²) in [6, 6.07) is 11.0. The summed E-state index contributed by atoms with van der Waals surface area (Å²) in [6.07, 6.45) is 7.43. The molecule has 1 saturated carbocycles. The first-order valence-electron chi connectivity index (χ1n) is 10.5. The molecule has 3 aromatic rings. The van der Waals surface area contributed by atoms with Gasteiger partial charge in [0, 0.05) is 36.9 Å². The summed E-state index contributed by atoms with van der Waals surface area (Å²) in [5.41, 5.74) is 1.97. The molecule has 0 unspecified atom stereocenters. The van der Waals surface area contributed by atoms with Gasteiger partial charge in [0.25, 0.3) is 0 Å². The Hall–Kier alpha value is -3.94. The molecule has 0 bridgehead atoms. The highest BCUT2D eigenvalue weighted by molar-refractivity contribution is 6.01. The van der Waals surface area contributed by atoms with Crippen molar-refractivity contribution in [3.8, 4) is 11.3 Å². The van der Waals surface area contributed by atoms with Crippen LogP contribution in [0.15, 0.2) is 60.9 Å². The Morgan fingerprint density at radius 3 is 2.61 bits per heavy atom. The number of aromatic nitrogens is 2. The summed E-state index contributed by atoms with van der Waals surface area (Å²) < 4.78 is 28.3. The van der Waals surface area contributed by atoms with Crippen molar-refractivity contribution >= 4 is 29.3 Å². The molecule has 1 aliphatic carbocycles. The number of carbonyl (C=O) groups excluding carboxylic acids is 2. The van der Waals surface area contributed by atoms with Gasteiger partial charge in [-0.05, 0) is 61.2 Å². The van der Waals surface area contributed by atoms with Crippen molar-refractivity contribution in [3.63, 3.8) is 0 Å². The quantitative estimate of drug-likeness (QED) is 0.415. The van der Waals surface area contributed by atoms with E-state index >= 15 is 0 Å². The van der Waals surface area contributed by atoms with Gasteiger partial charge in [-0.25, -0.2) is 9.37 Å². The van der Waals surface area contributed by atoms with Crippen LogP contribution in [-0.4, -0.2) is 28.3 Å². The number of amides is 2. The van der Waals surface area contributed by atoms with Crippen LogP contribution in [0.25, 0.3) is 17.3 Å². The van der Waals surface area contributed by atoms with Gasteiger partial charge in [0.2, 0.25) is 17.8 Å². The average Bonchev–Trinajstić information content (AvgIpc) is 3.62. The molecule has 1 aliphatic rings. The molecular formula is C25H22F2N4O2. The van der Waals surface area contributed by atoms with Crippen LogP contribution < -0.4 is 10.2 Å². The van der Waals surface area contributed by atoms with E-state index in [1.807, 2.05) is 0 Å². The highest BCUT2D eigenvalue weighted by atomic mass is 19.1. The van der Waals surface area contributed by atoms with Crippen molar-refractivity contribution in [1.29, 1.82) is 0 Å². The smallest absolute Gasteiger partial charge is 0.248 e. The van der Waals surface area contributed by atoms with Crippen molar-refractivity contribution in [2.75, 3.05) is 16.8 Å². The number of nitrogens with one attached hydrogen (secondary N) is 1. The molecule has 0 saturated heterocycles. The van der Waals surface area contributed by atoms with Crippen molar-refractivity contribution < 1.29 is 18.4 Å². The van der Waals surface area contributed by atoms with Gasteiger partial charge in [0.05, 0.1) is 23.3 Å². The summed E-state index contributed by atoms with van der Waals surface area (Å²) in [4.78, 5) is 33.3. The molecule has 2 amide bonds. The van der Waals surface area contributed by atoms with Gasteiger partial charge in [0.1, 0.15) is 5.82 Å². The fraction of sp³-hybridized carbons (Fsp3) is 0.200. The van der Waals surface area contributed by atoms with Gasteiger partial charge < -0.3 is 10.2 Å². The first-order chi connectivity index (χ1) is 15.9. The van der Waals surface area contributed by atoms with Crippen LogP contribution in [0.5, 0.6) is 0 Å². The Morgan fingerprint density at radius 1 is 1.15 bits per heavy atom. The Bertz CT molecular complexity index is 1210. The van der Waals surface area contributed by atoms with Crippen LogP contribution in [-0.2, 0) is 9.59 Å². The third-order valence-corrected chi connectivity index (χ3v) is 5.29. The van der Waals surface area contributed by atoms with E-state index in [1.54, 1.807) is 30.3 Å². The van der Waals surface area contributed by atoms with Crippen molar-refractivity contribution in [3.05, 3.63) is 78.3 Å². The number of rotatable bonds is 7. The minimum atomic E-state index is -0.662. The largest absolute Gasteiger partial charge is 0.321 e. The molecule has 0 radical (unpaired) electrons. The molecule has 33 heavy (non-hydrogen) atoms. The third-order valence-electron chi connectivity index (χ3n) is 5.29. The summed E-state index contributed by atoms with van der Waals surface area (Å²) in [7, 11) is 0. The van der Waals surface area contributed by atoms with E-state index in [0.717, 1.165) is 12.8 Å². The van der Waals surface area contributed by atoms with E-state index in [4.69, 9.17) is 0 Å². The molecule has 4 rings (SSSR count). The van der Waals surface area contributed by atoms with E-state index in [0.29, 0.717) is 29.4 Å². The number of nitrogens with zero attached hydrogens (tertiary/aromatic N) is 3. The molecule has 0 spiro atoms. The maximum absolute atomic E-state index is 14.8. The number of carbonyl (C=O) groups is 2. The second kappa shape index (κ2) is 9.68. The summed E-state index contributed by atoms with van der Waals surface area (Å²) >= 11 is 0. The SMILES string of the molecule is CC(=O)N(CC1CC1)c1ccc(-c2ccc(NC(=O)C=Cc3cccnc3F)cn2)cc1F. The standard InChI is InChI=1S/C25H22F2N4O2/c1-16(32)31(15-17-4-5-17)23-10-6-19(13-21(23)26)22-9-8-20(14-29-22)30-24(33)11-7-18-3-2-12-28-25(18)27/h2-3,6-14,17H,4-5,15H2,1H3,(H,30,33). The number of hydrogen-bond donors (Lipinski definition) is 1. The molecule has 6 nitrogen and oxygen atoms in total. The van der Waals surface area contributed by atoms with Gasteiger partial charge in [0.15, 0.2) is 0 Å². The first-order valence-corrected chi connectivity index (χ1v) is 10.5. The molecule has 2 heterocycles. The minimum absolute atomic E-state index is 0.188. The number of anilines is 2. The van der Waals surface area contributed by atoms with Gasteiger partial charge in [-0.15, -0.1) is 0 Å². The first kappa shape index (κ1) is 22.3. The maximum Gasteiger partial charge on any atom is 0.248 e. The van der Waals surface area contributed by atoms with Gasteiger partial charge >= 0.3 is 0 Å². The van der Waals surface area contributed by atoms with E-state index in [-0.39, 0.29) is 17.2 Å². The molecule has 1 fully saturated rings. The molecule has 168 valence electrons. The zero-order valence-corrected chi connectivity index (χ0v) is 18.0. The van der Waals surface area contributed by atoms with Crippen LogP contribution in [0.3, 0.4) is 0 Å². The second-order valence-corrected chi connectivity index (χ2v) is 7.88. The lowest BCUT2D eigenvalue weighted by atomic mass is 10.1. The fourth-order valence-corrected chi connectivity index (χ4v) is 3.35. The molecule has 0 atom stereocenters. The van der Waals surface area contributed by atoms with E-state index in [1.165, 1.54) is 48.5 Å².